The van der Waals surface area contributed by atoms with Gasteiger partial charge in [-0.05, 0) is 31.2 Å². The van der Waals surface area contributed by atoms with Gasteiger partial charge in [0.2, 0.25) is 0 Å². The number of aromatic nitrogens is 1. The molecule has 0 saturated heterocycles. The third kappa shape index (κ3) is 3.00. The molecule has 0 aliphatic carbocycles. The van der Waals surface area contributed by atoms with Crippen molar-refractivity contribution in [3.05, 3.63) is 53.3 Å². The lowest BCUT2D eigenvalue weighted by molar-refractivity contribution is 0.0695. The summed E-state index contributed by atoms with van der Waals surface area (Å²) >= 11 is 0. The second-order valence-corrected chi connectivity index (χ2v) is 4.32. The Bertz CT molecular complexity index is 684. The largest absolute Gasteiger partial charge is 0.494 e. The second kappa shape index (κ2) is 6.04. The molecule has 2 rings (SSSR count). The molecule has 6 nitrogen and oxygen atoms in total. The summed E-state index contributed by atoms with van der Waals surface area (Å²) < 4.78 is 5.21. The van der Waals surface area contributed by atoms with Crippen molar-refractivity contribution in [1.82, 2.24) is 4.98 Å². The van der Waals surface area contributed by atoms with Gasteiger partial charge in [0.05, 0.1) is 23.9 Å². The Morgan fingerprint density at radius 1 is 1.29 bits per heavy atom. The molecular formula is C15H14N2O4. The number of carboxylic acids is 1. The molecule has 1 aromatic heterocycles. The number of anilines is 1. The van der Waals surface area contributed by atoms with Crippen molar-refractivity contribution in [2.75, 3.05) is 12.4 Å². The SMILES string of the molecule is COc1c(NC(=O)c2cccnc2)ccc(C(=O)O)c1C. The van der Waals surface area contributed by atoms with E-state index in [2.05, 4.69) is 10.3 Å². The number of rotatable bonds is 4. The minimum absolute atomic E-state index is 0.131. The Hall–Kier alpha value is -2.89. The number of carboxylic acid groups (broad SMARTS) is 1. The molecule has 0 bridgehead atoms. The maximum atomic E-state index is 12.1. The van der Waals surface area contributed by atoms with E-state index in [1.807, 2.05) is 0 Å². The number of carbonyl (C=O) groups is 2. The van der Waals surface area contributed by atoms with Gasteiger partial charge in [0.1, 0.15) is 5.75 Å². The summed E-state index contributed by atoms with van der Waals surface area (Å²) in [6, 6.07) is 6.22. The molecular weight excluding hydrogens is 272 g/mol. The van der Waals surface area contributed by atoms with Crippen molar-refractivity contribution < 1.29 is 19.4 Å². The zero-order valence-electron chi connectivity index (χ0n) is 11.6. The van der Waals surface area contributed by atoms with Crippen molar-refractivity contribution in [1.29, 1.82) is 0 Å². The van der Waals surface area contributed by atoms with Crippen LogP contribution in [0.15, 0.2) is 36.7 Å². The van der Waals surface area contributed by atoms with E-state index in [0.717, 1.165) is 0 Å². The fraction of sp³-hybridized carbons (Fsp3) is 0.133. The third-order valence-electron chi connectivity index (χ3n) is 3.01. The van der Waals surface area contributed by atoms with Crippen LogP contribution in [0, 0.1) is 6.92 Å². The van der Waals surface area contributed by atoms with E-state index in [9.17, 15) is 9.59 Å². The zero-order chi connectivity index (χ0) is 15.4. The molecule has 1 aromatic carbocycles. The number of aromatic carboxylic acids is 1. The highest BCUT2D eigenvalue weighted by atomic mass is 16.5. The first-order valence-electron chi connectivity index (χ1n) is 6.17. The maximum Gasteiger partial charge on any atom is 0.336 e. The molecule has 0 aliphatic heterocycles. The first-order chi connectivity index (χ1) is 10.0. The van der Waals surface area contributed by atoms with Gasteiger partial charge >= 0.3 is 5.97 Å². The summed E-state index contributed by atoms with van der Waals surface area (Å²) in [5.74, 6) is -1.06. The van der Waals surface area contributed by atoms with E-state index < -0.39 is 5.97 Å². The number of nitrogens with one attached hydrogen (secondary N) is 1. The fourth-order valence-corrected chi connectivity index (χ4v) is 1.98. The van der Waals surface area contributed by atoms with E-state index in [1.165, 1.54) is 25.4 Å². The molecule has 1 heterocycles. The Balaban J connectivity index is 2.35. The predicted molar refractivity (Wildman–Crippen MR) is 76.9 cm³/mol. The molecule has 1 amide bonds. The monoisotopic (exact) mass is 286 g/mol. The number of benzene rings is 1. The molecule has 0 unspecified atom stereocenters. The Labute approximate surface area is 121 Å². The fourth-order valence-electron chi connectivity index (χ4n) is 1.98. The third-order valence-corrected chi connectivity index (χ3v) is 3.01. The molecule has 0 aliphatic rings. The lowest BCUT2D eigenvalue weighted by Gasteiger charge is -2.14. The van der Waals surface area contributed by atoms with Gasteiger partial charge in [-0.3, -0.25) is 9.78 Å². The number of pyridine rings is 1. The standard InChI is InChI=1S/C15H14N2O4/c1-9-11(15(19)20)5-6-12(13(9)21-2)17-14(18)10-4-3-7-16-8-10/h3-8H,1-2H3,(H,17,18)(H,19,20). The Morgan fingerprint density at radius 2 is 2.05 bits per heavy atom. The van der Waals surface area contributed by atoms with Crippen LogP contribution in [0.2, 0.25) is 0 Å². The molecule has 0 radical (unpaired) electrons. The van der Waals surface area contributed by atoms with Gasteiger partial charge < -0.3 is 15.2 Å². The van der Waals surface area contributed by atoms with Crippen LogP contribution in [-0.2, 0) is 0 Å². The number of ether oxygens (including phenoxy) is 1. The summed E-state index contributed by atoms with van der Waals surface area (Å²) in [6.45, 7) is 1.63. The van der Waals surface area contributed by atoms with Gasteiger partial charge in [-0.15, -0.1) is 0 Å². The zero-order valence-corrected chi connectivity index (χ0v) is 11.6. The summed E-state index contributed by atoms with van der Waals surface area (Å²) in [5, 5.41) is 11.8. The Kier molecular flexibility index (Phi) is 4.18. The molecule has 0 spiro atoms. The average Bonchev–Trinajstić information content (AvgIpc) is 2.48. The van der Waals surface area contributed by atoms with Crippen LogP contribution >= 0.6 is 0 Å². The maximum absolute atomic E-state index is 12.1. The van der Waals surface area contributed by atoms with Crippen LogP contribution in [0.1, 0.15) is 26.3 Å². The molecule has 6 heteroatoms. The van der Waals surface area contributed by atoms with Crippen LogP contribution < -0.4 is 10.1 Å². The Morgan fingerprint density at radius 3 is 2.62 bits per heavy atom. The molecule has 0 atom stereocenters. The van der Waals surface area contributed by atoms with Crippen LogP contribution in [0.25, 0.3) is 0 Å². The van der Waals surface area contributed by atoms with Crippen molar-refractivity contribution in [3.8, 4) is 5.75 Å². The minimum Gasteiger partial charge on any atom is -0.494 e. The summed E-state index contributed by atoms with van der Waals surface area (Å²) in [5.41, 5.74) is 1.40. The second-order valence-electron chi connectivity index (χ2n) is 4.32. The highest BCUT2D eigenvalue weighted by Gasteiger charge is 2.17. The van der Waals surface area contributed by atoms with Crippen molar-refractivity contribution in [2.45, 2.75) is 6.92 Å². The summed E-state index contributed by atoms with van der Waals surface area (Å²) in [7, 11) is 1.42. The number of amides is 1. The van der Waals surface area contributed by atoms with Gasteiger partial charge in [-0.1, -0.05) is 0 Å². The number of nitrogens with zero attached hydrogens (tertiary/aromatic N) is 1. The van der Waals surface area contributed by atoms with E-state index in [1.54, 1.807) is 25.3 Å². The van der Waals surface area contributed by atoms with E-state index in [-0.39, 0.29) is 11.5 Å². The smallest absolute Gasteiger partial charge is 0.336 e. The lowest BCUT2D eigenvalue weighted by Crippen LogP contribution is -2.14. The van der Waals surface area contributed by atoms with Gasteiger partial charge in [0, 0.05) is 18.0 Å². The van der Waals surface area contributed by atoms with Crippen LogP contribution in [-0.4, -0.2) is 29.1 Å². The van der Waals surface area contributed by atoms with Gasteiger partial charge in [0.15, 0.2) is 0 Å². The predicted octanol–water partition coefficient (Wildman–Crippen LogP) is 2.35. The first kappa shape index (κ1) is 14.5. The number of carbonyl (C=O) groups excluding carboxylic acids is 1. The van der Waals surface area contributed by atoms with Gasteiger partial charge in [0.25, 0.3) is 5.91 Å². The van der Waals surface area contributed by atoms with E-state index >= 15 is 0 Å². The van der Waals surface area contributed by atoms with Crippen LogP contribution in [0.4, 0.5) is 5.69 Å². The number of hydrogen-bond acceptors (Lipinski definition) is 4. The minimum atomic E-state index is -1.05. The molecule has 2 aromatic rings. The number of methoxy groups -OCH3 is 1. The highest BCUT2D eigenvalue weighted by Crippen LogP contribution is 2.31. The number of hydrogen-bond donors (Lipinski definition) is 2. The van der Waals surface area contributed by atoms with Gasteiger partial charge in [-0.25, -0.2) is 4.79 Å². The summed E-state index contributed by atoms with van der Waals surface area (Å²) in [4.78, 5) is 27.1. The average molecular weight is 286 g/mol. The molecule has 108 valence electrons. The summed E-state index contributed by atoms with van der Waals surface area (Å²) in [6.07, 6.45) is 3.02. The van der Waals surface area contributed by atoms with E-state index in [4.69, 9.17) is 9.84 Å². The van der Waals surface area contributed by atoms with Crippen LogP contribution in [0.5, 0.6) is 5.75 Å². The lowest BCUT2D eigenvalue weighted by atomic mass is 10.1. The quantitative estimate of drug-likeness (QED) is 0.900. The molecule has 0 saturated carbocycles. The normalized spacial score (nSPS) is 10.0. The molecule has 21 heavy (non-hydrogen) atoms. The van der Waals surface area contributed by atoms with E-state index in [0.29, 0.717) is 22.6 Å². The van der Waals surface area contributed by atoms with Gasteiger partial charge in [-0.2, -0.15) is 0 Å². The van der Waals surface area contributed by atoms with Crippen molar-refractivity contribution >= 4 is 17.6 Å². The van der Waals surface area contributed by atoms with Crippen LogP contribution in [0.3, 0.4) is 0 Å². The van der Waals surface area contributed by atoms with Crippen molar-refractivity contribution in [2.24, 2.45) is 0 Å². The topological polar surface area (TPSA) is 88.5 Å². The molecule has 0 fully saturated rings. The molecule has 2 N–H and O–H groups in total. The first-order valence-corrected chi connectivity index (χ1v) is 6.17. The van der Waals surface area contributed by atoms with Crippen molar-refractivity contribution in [3.63, 3.8) is 0 Å². The highest BCUT2D eigenvalue weighted by molar-refractivity contribution is 6.05.